The average molecular weight is 257 g/mol. The van der Waals surface area contributed by atoms with E-state index < -0.39 is 17.8 Å². The lowest BCUT2D eigenvalue weighted by Gasteiger charge is -2.26. The number of hydrogen-bond acceptors (Lipinski definition) is 1. The minimum Gasteiger partial charge on any atom is -0.618 e. The third-order valence-electron chi connectivity index (χ3n) is 2.59. The van der Waals surface area contributed by atoms with Gasteiger partial charge in [-0.25, -0.2) is 0 Å². The van der Waals surface area contributed by atoms with Crippen molar-refractivity contribution in [2.45, 2.75) is 32.9 Å². The first-order chi connectivity index (χ1) is 8.07. The Morgan fingerprint density at radius 2 is 1.83 bits per heavy atom. The molecule has 0 N–H and O–H groups in total. The highest BCUT2D eigenvalue weighted by Gasteiger charge is 2.40. The minimum atomic E-state index is -4.66. The molecule has 0 saturated carbocycles. The van der Waals surface area contributed by atoms with Crippen LogP contribution in [0.4, 0.5) is 13.2 Å². The first-order valence-electron chi connectivity index (χ1n) is 5.34. The predicted octanol–water partition coefficient (Wildman–Crippen LogP) is 3.10. The van der Waals surface area contributed by atoms with Gasteiger partial charge in [0.1, 0.15) is 0 Å². The Kier molecular flexibility index (Phi) is 3.61. The maximum atomic E-state index is 12.4. The summed E-state index contributed by atoms with van der Waals surface area (Å²) in [5, 5.41) is 11.4. The van der Waals surface area contributed by atoms with Crippen molar-refractivity contribution >= 4 is 0 Å². The van der Waals surface area contributed by atoms with Crippen LogP contribution < -0.4 is 4.73 Å². The van der Waals surface area contributed by atoms with Crippen molar-refractivity contribution in [2.75, 3.05) is 0 Å². The Hall–Kier alpha value is -1.70. The fourth-order valence-electron chi connectivity index (χ4n) is 1.73. The molecule has 0 spiro atoms. The molecule has 1 atom stereocenters. The van der Waals surface area contributed by atoms with Gasteiger partial charge in [0.15, 0.2) is 6.20 Å². The van der Waals surface area contributed by atoms with Gasteiger partial charge in [0, 0.05) is 11.6 Å². The Labute approximate surface area is 104 Å². The molecular weight excluding hydrogens is 243 g/mol. The van der Waals surface area contributed by atoms with Crippen LogP contribution >= 0.6 is 0 Å². The molecule has 0 bridgehead atoms. The molecule has 0 radical (unpaired) electrons. The van der Waals surface area contributed by atoms with Gasteiger partial charge in [-0.05, 0) is 11.5 Å². The topological polar surface area (TPSA) is 26.9 Å². The van der Waals surface area contributed by atoms with Crippen LogP contribution in [0.25, 0.3) is 0 Å². The molecule has 0 aromatic carbocycles. The van der Waals surface area contributed by atoms with E-state index in [1.165, 1.54) is 6.07 Å². The number of terminal acetylenes is 1. The van der Waals surface area contributed by atoms with Crippen LogP contribution in [-0.2, 0) is 6.18 Å². The molecule has 0 amide bonds. The van der Waals surface area contributed by atoms with Crippen LogP contribution in [-0.4, -0.2) is 0 Å². The number of pyridine rings is 1. The van der Waals surface area contributed by atoms with Crippen molar-refractivity contribution < 1.29 is 17.9 Å². The van der Waals surface area contributed by atoms with Gasteiger partial charge in [0.2, 0.25) is 0 Å². The lowest BCUT2D eigenvalue weighted by atomic mass is 9.77. The van der Waals surface area contributed by atoms with Crippen molar-refractivity contribution in [3.63, 3.8) is 0 Å². The third-order valence-corrected chi connectivity index (χ3v) is 2.59. The highest BCUT2D eigenvalue weighted by molar-refractivity contribution is 5.26. The molecule has 0 saturated heterocycles. The molecule has 18 heavy (non-hydrogen) atoms. The second-order valence-corrected chi connectivity index (χ2v) is 5.14. The number of aromatic nitrogens is 1. The molecule has 0 fully saturated rings. The van der Waals surface area contributed by atoms with Gasteiger partial charge < -0.3 is 5.21 Å². The quantitative estimate of drug-likeness (QED) is 0.431. The zero-order chi connectivity index (χ0) is 14.1. The summed E-state index contributed by atoms with van der Waals surface area (Å²) in [7, 11) is 0. The van der Waals surface area contributed by atoms with Gasteiger partial charge in [0.25, 0.3) is 5.69 Å². The van der Waals surface area contributed by atoms with E-state index in [1.807, 2.05) is 20.8 Å². The maximum Gasteiger partial charge on any atom is 0.478 e. The predicted molar refractivity (Wildman–Crippen MR) is 61.4 cm³/mol. The van der Waals surface area contributed by atoms with Crippen molar-refractivity contribution in [3.8, 4) is 12.3 Å². The number of rotatable bonds is 1. The third kappa shape index (κ3) is 2.95. The molecular formula is C13H14F3NO. The normalized spacial score (nSPS) is 14.1. The summed E-state index contributed by atoms with van der Waals surface area (Å²) in [6.45, 7) is 5.60. The molecule has 0 aliphatic heterocycles. The zero-order valence-electron chi connectivity index (χ0n) is 10.4. The largest absolute Gasteiger partial charge is 0.618 e. The molecule has 5 heteroatoms. The fourth-order valence-corrected chi connectivity index (χ4v) is 1.73. The molecule has 98 valence electrons. The summed E-state index contributed by atoms with van der Waals surface area (Å²) in [6.07, 6.45) is 1.62. The van der Waals surface area contributed by atoms with E-state index in [-0.39, 0.29) is 10.1 Å². The Morgan fingerprint density at radius 3 is 2.17 bits per heavy atom. The Bertz CT molecular complexity index is 480. The maximum absolute atomic E-state index is 12.4. The highest BCUT2D eigenvalue weighted by atomic mass is 19.4. The Morgan fingerprint density at radius 1 is 1.28 bits per heavy atom. The molecule has 0 aliphatic rings. The van der Waals surface area contributed by atoms with Crippen molar-refractivity contribution in [2.24, 2.45) is 5.41 Å². The van der Waals surface area contributed by atoms with E-state index in [4.69, 9.17) is 6.42 Å². The summed E-state index contributed by atoms with van der Waals surface area (Å²) >= 11 is 0. The van der Waals surface area contributed by atoms with Gasteiger partial charge in [-0.1, -0.05) is 26.7 Å². The van der Waals surface area contributed by atoms with E-state index in [2.05, 4.69) is 5.92 Å². The second kappa shape index (κ2) is 4.52. The molecule has 1 heterocycles. The van der Waals surface area contributed by atoms with Gasteiger partial charge in [-0.3, -0.25) is 0 Å². The van der Waals surface area contributed by atoms with E-state index in [9.17, 15) is 18.4 Å². The zero-order valence-corrected chi connectivity index (χ0v) is 10.4. The van der Waals surface area contributed by atoms with Gasteiger partial charge >= 0.3 is 6.18 Å². The summed E-state index contributed by atoms with van der Waals surface area (Å²) in [5.41, 5.74) is -1.16. The average Bonchev–Trinajstić information content (AvgIpc) is 2.14. The molecule has 1 aromatic heterocycles. The van der Waals surface area contributed by atoms with Crippen LogP contribution in [0.3, 0.4) is 0 Å². The molecule has 0 aliphatic carbocycles. The minimum absolute atomic E-state index is 0.175. The highest BCUT2D eigenvalue weighted by Crippen LogP contribution is 2.34. The number of alkyl halides is 3. The van der Waals surface area contributed by atoms with Crippen LogP contribution in [0.2, 0.25) is 0 Å². The van der Waals surface area contributed by atoms with E-state index in [0.717, 1.165) is 12.3 Å². The SMILES string of the molecule is C#C[C@H](c1ccc(C(F)(F)F)[n+]([O-])c1)C(C)(C)C. The summed E-state index contributed by atoms with van der Waals surface area (Å²) < 4.78 is 37.1. The summed E-state index contributed by atoms with van der Waals surface area (Å²) in [6, 6.07) is 2.02. The van der Waals surface area contributed by atoms with Crippen molar-refractivity contribution in [1.82, 2.24) is 0 Å². The van der Waals surface area contributed by atoms with E-state index in [0.29, 0.717) is 5.56 Å². The van der Waals surface area contributed by atoms with Crippen LogP contribution in [0.1, 0.15) is 37.9 Å². The second-order valence-electron chi connectivity index (χ2n) is 5.14. The standard InChI is InChI=1S/C13H14F3NO/c1-5-10(12(2,3)4)9-6-7-11(13(14,15)16)17(18)8-9/h1,6-8,10H,2-4H3/t10-/m1/s1. The van der Waals surface area contributed by atoms with Crippen molar-refractivity contribution in [3.05, 3.63) is 34.8 Å². The van der Waals surface area contributed by atoms with E-state index in [1.54, 1.807) is 0 Å². The molecule has 1 aromatic rings. The van der Waals surface area contributed by atoms with Gasteiger partial charge in [-0.2, -0.15) is 17.9 Å². The molecule has 2 nitrogen and oxygen atoms in total. The molecule has 0 unspecified atom stereocenters. The number of nitrogens with zero attached hydrogens (tertiary/aromatic N) is 1. The molecule has 1 rings (SSSR count). The summed E-state index contributed by atoms with van der Waals surface area (Å²) in [5.74, 6) is 2.09. The van der Waals surface area contributed by atoms with Gasteiger partial charge in [-0.15, -0.1) is 6.42 Å². The summed E-state index contributed by atoms with van der Waals surface area (Å²) in [4.78, 5) is 0. The fraction of sp³-hybridized carbons (Fsp3) is 0.462. The van der Waals surface area contributed by atoms with Crippen LogP contribution in [0.15, 0.2) is 18.3 Å². The Balaban J connectivity index is 3.24. The number of halogens is 3. The number of hydrogen-bond donors (Lipinski definition) is 0. The smallest absolute Gasteiger partial charge is 0.478 e. The van der Waals surface area contributed by atoms with Crippen molar-refractivity contribution in [1.29, 1.82) is 0 Å². The monoisotopic (exact) mass is 257 g/mol. The lowest BCUT2D eigenvalue weighted by Crippen LogP contribution is -2.37. The van der Waals surface area contributed by atoms with Gasteiger partial charge in [0.05, 0.1) is 5.92 Å². The van der Waals surface area contributed by atoms with Crippen LogP contribution in [0, 0.1) is 23.0 Å². The van der Waals surface area contributed by atoms with Crippen LogP contribution in [0.5, 0.6) is 0 Å². The lowest BCUT2D eigenvalue weighted by molar-refractivity contribution is -0.629. The first kappa shape index (κ1) is 14.4. The van der Waals surface area contributed by atoms with E-state index >= 15 is 0 Å². The first-order valence-corrected chi connectivity index (χ1v) is 5.34.